The number of aliphatic hydroxyl groups is 1. The Hall–Kier alpha value is -1.10. The van der Waals surface area contributed by atoms with Gasteiger partial charge in [0.25, 0.3) is 0 Å². The quantitative estimate of drug-likeness (QED) is 0.824. The lowest BCUT2D eigenvalue weighted by atomic mass is 10.00. The van der Waals surface area contributed by atoms with Gasteiger partial charge in [-0.2, -0.15) is 0 Å². The molecule has 0 heterocycles. The van der Waals surface area contributed by atoms with Crippen LogP contribution in [0.5, 0.6) is 0 Å². The van der Waals surface area contributed by atoms with E-state index in [9.17, 15) is 9.50 Å². The molecule has 0 aliphatic rings. The third-order valence-electron chi connectivity index (χ3n) is 2.83. The van der Waals surface area contributed by atoms with E-state index in [1.165, 1.54) is 12.1 Å². The first-order chi connectivity index (χ1) is 8.97. The van der Waals surface area contributed by atoms with Crippen LogP contribution in [0.3, 0.4) is 0 Å². The minimum atomic E-state index is -0.810. The number of rotatable bonds is 3. The fourth-order valence-electron chi connectivity index (χ4n) is 1.87. The summed E-state index contributed by atoms with van der Waals surface area (Å²) in [6, 6.07) is 9.28. The zero-order chi connectivity index (χ0) is 14.0. The van der Waals surface area contributed by atoms with E-state index in [2.05, 4.69) is 15.9 Å². The van der Waals surface area contributed by atoms with Gasteiger partial charge in [-0.15, -0.1) is 0 Å². The lowest BCUT2D eigenvalue weighted by Gasteiger charge is -2.14. The van der Waals surface area contributed by atoms with E-state index in [1.54, 1.807) is 24.3 Å². The van der Waals surface area contributed by atoms with Crippen LogP contribution in [-0.2, 0) is 6.42 Å². The molecule has 0 spiro atoms. The zero-order valence-electron chi connectivity index (χ0n) is 9.91. The van der Waals surface area contributed by atoms with Crippen molar-refractivity contribution in [1.82, 2.24) is 0 Å². The highest BCUT2D eigenvalue weighted by Crippen LogP contribution is 2.29. The molecule has 2 aromatic carbocycles. The molecule has 0 bridgehead atoms. The summed E-state index contributed by atoms with van der Waals surface area (Å²) in [5, 5.41) is 10.7. The predicted molar refractivity (Wildman–Crippen MR) is 78.6 cm³/mol. The Morgan fingerprint density at radius 2 is 2.00 bits per heavy atom. The molecule has 2 rings (SSSR count). The molecule has 0 saturated heterocycles. The summed E-state index contributed by atoms with van der Waals surface area (Å²) in [7, 11) is 0. The second-order valence-corrected chi connectivity index (χ2v) is 5.52. The molecule has 5 heteroatoms. The Bertz CT molecular complexity index is 606. The summed E-state index contributed by atoms with van der Waals surface area (Å²) in [6.45, 7) is 0. The third kappa shape index (κ3) is 3.47. The number of anilines is 1. The molecule has 0 aromatic heterocycles. The lowest BCUT2D eigenvalue weighted by Crippen LogP contribution is -2.06. The van der Waals surface area contributed by atoms with Crippen molar-refractivity contribution >= 4 is 33.2 Å². The van der Waals surface area contributed by atoms with Crippen molar-refractivity contribution in [2.24, 2.45) is 0 Å². The number of halogens is 3. The summed E-state index contributed by atoms with van der Waals surface area (Å²) in [4.78, 5) is 0. The van der Waals surface area contributed by atoms with Gasteiger partial charge in [0, 0.05) is 27.2 Å². The van der Waals surface area contributed by atoms with E-state index in [0.717, 1.165) is 4.47 Å². The summed E-state index contributed by atoms with van der Waals surface area (Å²) in [5.41, 5.74) is 7.50. The van der Waals surface area contributed by atoms with Crippen molar-refractivity contribution in [2.75, 3.05) is 5.73 Å². The maximum atomic E-state index is 13.2. The molecular weight excluding hydrogens is 333 g/mol. The van der Waals surface area contributed by atoms with Crippen LogP contribution in [0.15, 0.2) is 40.9 Å². The number of aliphatic hydroxyl groups excluding tert-OH is 1. The van der Waals surface area contributed by atoms with Crippen molar-refractivity contribution in [3.8, 4) is 0 Å². The number of nitrogens with two attached hydrogens (primary N) is 1. The van der Waals surface area contributed by atoms with Gasteiger partial charge < -0.3 is 10.8 Å². The maximum absolute atomic E-state index is 13.2. The van der Waals surface area contributed by atoms with Gasteiger partial charge in [-0.1, -0.05) is 33.6 Å². The van der Waals surface area contributed by atoms with Crippen LogP contribution in [0, 0.1) is 5.82 Å². The molecule has 1 unspecified atom stereocenters. The van der Waals surface area contributed by atoms with Crippen LogP contribution in [-0.4, -0.2) is 5.11 Å². The molecule has 0 aliphatic carbocycles. The molecule has 19 heavy (non-hydrogen) atoms. The first-order valence-electron chi connectivity index (χ1n) is 5.64. The molecule has 0 radical (unpaired) electrons. The Labute approximate surface area is 124 Å². The molecule has 0 fully saturated rings. The van der Waals surface area contributed by atoms with E-state index in [4.69, 9.17) is 17.3 Å². The average Bonchev–Trinajstić information content (AvgIpc) is 2.33. The van der Waals surface area contributed by atoms with Crippen LogP contribution >= 0.6 is 27.5 Å². The largest absolute Gasteiger partial charge is 0.398 e. The van der Waals surface area contributed by atoms with Crippen molar-refractivity contribution < 1.29 is 9.50 Å². The average molecular weight is 345 g/mol. The van der Waals surface area contributed by atoms with Crippen molar-refractivity contribution in [1.29, 1.82) is 0 Å². The second-order valence-electron chi connectivity index (χ2n) is 4.23. The monoisotopic (exact) mass is 343 g/mol. The Morgan fingerprint density at radius 1 is 1.26 bits per heavy atom. The van der Waals surface area contributed by atoms with Crippen LogP contribution in [0.4, 0.5) is 10.1 Å². The second kappa shape index (κ2) is 5.90. The van der Waals surface area contributed by atoms with E-state index in [1.807, 2.05) is 0 Å². The highest BCUT2D eigenvalue weighted by atomic mass is 79.9. The van der Waals surface area contributed by atoms with Gasteiger partial charge in [-0.3, -0.25) is 0 Å². The highest BCUT2D eigenvalue weighted by Gasteiger charge is 2.14. The third-order valence-corrected chi connectivity index (χ3v) is 3.84. The SMILES string of the molecule is Nc1cc(Cl)ccc1C(O)Cc1cc(F)ccc1Br. The first-order valence-corrected chi connectivity index (χ1v) is 6.81. The number of hydrogen-bond donors (Lipinski definition) is 2. The molecule has 1 atom stereocenters. The highest BCUT2D eigenvalue weighted by molar-refractivity contribution is 9.10. The minimum absolute atomic E-state index is 0.268. The smallest absolute Gasteiger partial charge is 0.123 e. The van der Waals surface area contributed by atoms with Gasteiger partial charge in [0.1, 0.15) is 5.82 Å². The van der Waals surface area contributed by atoms with Crippen molar-refractivity contribution in [2.45, 2.75) is 12.5 Å². The molecule has 0 amide bonds. The van der Waals surface area contributed by atoms with E-state index < -0.39 is 6.10 Å². The van der Waals surface area contributed by atoms with Crippen molar-refractivity contribution in [3.63, 3.8) is 0 Å². The Kier molecular flexibility index (Phi) is 4.45. The fraction of sp³-hybridized carbons (Fsp3) is 0.143. The number of benzene rings is 2. The topological polar surface area (TPSA) is 46.2 Å². The van der Waals surface area contributed by atoms with Crippen LogP contribution < -0.4 is 5.73 Å². The standard InChI is InChI=1S/C14H12BrClFNO/c15-12-4-2-10(17)5-8(12)6-14(19)11-3-1-9(16)7-13(11)18/h1-5,7,14,19H,6,18H2. The molecule has 3 N–H and O–H groups in total. The van der Waals surface area contributed by atoms with Crippen LogP contribution in [0.25, 0.3) is 0 Å². The van der Waals surface area contributed by atoms with Gasteiger partial charge in [0.15, 0.2) is 0 Å². The van der Waals surface area contributed by atoms with E-state index in [0.29, 0.717) is 21.8 Å². The first kappa shape index (κ1) is 14.3. The summed E-state index contributed by atoms with van der Waals surface area (Å²) in [6.07, 6.45) is -0.542. The van der Waals surface area contributed by atoms with E-state index >= 15 is 0 Å². The molecule has 2 aromatic rings. The molecular formula is C14H12BrClFNO. The number of nitrogen functional groups attached to an aromatic ring is 1. The van der Waals surface area contributed by atoms with Gasteiger partial charge >= 0.3 is 0 Å². The molecule has 0 aliphatic heterocycles. The number of hydrogen-bond acceptors (Lipinski definition) is 2. The van der Waals surface area contributed by atoms with Gasteiger partial charge in [0.2, 0.25) is 0 Å². The Morgan fingerprint density at radius 3 is 2.68 bits per heavy atom. The lowest BCUT2D eigenvalue weighted by molar-refractivity contribution is 0.179. The van der Waals surface area contributed by atoms with Crippen molar-refractivity contribution in [3.05, 3.63) is 62.8 Å². The van der Waals surface area contributed by atoms with Gasteiger partial charge in [0.05, 0.1) is 6.10 Å². The van der Waals surface area contributed by atoms with Crippen LogP contribution in [0.1, 0.15) is 17.2 Å². The Balaban J connectivity index is 2.25. The molecule has 0 saturated carbocycles. The fourth-order valence-corrected chi connectivity index (χ4v) is 2.46. The maximum Gasteiger partial charge on any atom is 0.123 e. The van der Waals surface area contributed by atoms with Gasteiger partial charge in [-0.25, -0.2) is 4.39 Å². The predicted octanol–water partition coefficient (Wildman–Crippen LogP) is 4.10. The van der Waals surface area contributed by atoms with E-state index in [-0.39, 0.29) is 12.2 Å². The normalized spacial score (nSPS) is 12.4. The zero-order valence-corrected chi connectivity index (χ0v) is 12.2. The minimum Gasteiger partial charge on any atom is -0.398 e. The molecule has 100 valence electrons. The summed E-state index contributed by atoms with van der Waals surface area (Å²) >= 11 is 9.14. The molecule has 2 nitrogen and oxygen atoms in total. The van der Waals surface area contributed by atoms with Crippen LogP contribution in [0.2, 0.25) is 5.02 Å². The summed E-state index contributed by atoms with van der Waals surface area (Å²) < 4.78 is 13.9. The van der Waals surface area contributed by atoms with Gasteiger partial charge in [-0.05, 0) is 35.9 Å². The summed E-state index contributed by atoms with van der Waals surface area (Å²) in [5.74, 6) is -0.338.